The van der Waals surface area contributed by atoms with Gasteiger partial charge in [-0.05, 0) is 35.4 Å². The van der Waals surface area contributed by atoms with Gasteiger partial charge in [-0.15, -0.1) is 0 Å². The zero-order valence-corrected chi connectivity index (χ0v) is 11.2. The maximum Gasteiger partial charge on any atom is 0.417 e. The Morgan fingerprint density at radius 1 is 0.826 bits per heavy atom. The monoisotopic (exact) mass is 334 g/mol. The second kappa shape index (κ2) is 5.60. The van der Waals surface area contributed by atoms with Crippen LogP contribution in [0.25, 0.3) is 11.1 Å². The average Bonchev–Trinajstić information content (AvgIpc) is 2.45. The van der Waals surface area contributed by atoms with Crippen LogP contribution in [0.15, 0.2) is 42.5 Å². The van der Waals surface area contributed by atoms with Crippen molar-refractivity contribution in [3.05, 3.63) is 59.2 Å². The molecular formula is C15H8F6O2. The van der Waals surface area contributed by atoms with Crippen LogP contribution in [0.3, 0.4) is 0 Å². The van der Waals surface area contributed by atoms with Crippen molar-refractivity contribution in [2.75, 3.05) is 0 Å². The number of carboxylic acids is 1. The predicted octanol–water partition coefficient (Wildman–Crippen LogP) is 5.09. The van der Waals surface area contributed by atoms with Crippen LogP contribution in [0, 0.1) is 0 Å². The fourth-order valence-corrected chi connectivity index (χ4v) is 2.00. The molecule has 2 rings (SSSR count). The fraction of sp³-hybridized carbons (Fsp3) is 0.133. The summed E-state index contributed by atoms with van der Waals surface area (Å²) in [5.74, 6) is -1.53. The minimum atomic E-state index is -4.84. The van der Waals surface area contributed by atoms with Crippen LogP contribution in [0.2, 0.25) is 0 Å². The highest BCUT2D eigenvalue weighted by Crippen LogP contribution is 2.38. The van der Waals surface area contributed by atoms with E-state index >= 15 is 0 Å². The lowest BCUT2D eigenvalue weighted by molar-refractivity contribution is -0.138. The van der Waals surface area contributed by atoms with E-state index in [1.807, 2.05) is 0 Å². The molecule has 0 aliphatic carbocycles. The molecule has 0 amide bonds. The second-order valence-electron chi connectivity index (χ2n) is 4.64. The van der Waals surface area contributed by atoms with Gasteiger partial charge in [0.25, 0.3) is 0 Å². The molecule has 0 saturated heterocycles. The van der Waals surface area contributed by atoms with Crippen LogP contribution in [0.1, 0.15) is 21.5 Å². The van der Waals surface area contributed by atoms with Crippen LogP contribution in [0.4, 0.5) is 26.3 Å². The lowest BCUT2D eigenvalue weighted by atomic mass is 9.96. The maximum absolute atomic E-state index is 13.1. The first kappa shape index (κ1) is 16.9. The highest BCUT2D eigenvalue weighted by molar-refractivity contribution is 5.89. The lowest BCUT2D eigenvalue weighted by Crippen LogP contribution is -2.10. The maximum atomic E-state index is 13.1. The van der Waals surface area contributed by atoms with Gasteiger partial charge in [-0.3, -0.25) is 0 Å². The number of carbonyl (C=O) groups is 1. The van der Waals surface area contributed by atoms with Crippen molar-refractivity contribution in [3.63, 3.8) is 0 Å². The topological polar surface area (TPSA) is 37.3 Å². The molecule has 23 heavy (non-hydrogen) atoms. The van der Waals surface area contributed by atoms with E-state index in [2.05, 4.69) is 0 Å². The molecule has 0 atom stereocenters. The number of hydrogen-bond acceptors (Lipinski definition) is 1. The van der Waals surface area contributed by atoms with Crippen molar-refractivity contribution in [1.82, 2.24) is 0 Å². The second-order valence-corrected chi connectivity index (χ2v) is 4.64. The van der Waals surface area contributed by atoms with E-state index in [-0.39, 0.29) is 5.56 Å². The summed E-state index contributed by atoms with van der Waals surface area (Å²) in [6.45, 7) is 0. The van der Waals surface area contributed by atoms with Gasteiger partial charge in [0, 0.05) is 0 Å². The zero-order valence-electron chi connectivity index (χ0n) is 11.2. The average molecular weight is 334 g/mol. The molecular weight excluding hydrogens is 326 g/mol. The van der Waals surface area contributed by atoms with Crippen LogP contribution in [-0.4, -0.2) is 11.1 Å². The molecule has 0 aromatic heterocycles. The molecule has 0 unspecified atom stereocenters. The molecule has 1 N–H and O–H groups in total. The highest BCUT2D eigenvalue weighted by atomic mass is 19.4. The number of hydrogen-bond donors (Lipinski definition) is 1. The molecule has 0 bridgehead atoms. The number of carboxylic acid groups (broad SMARTS) is 1. The SMILES string of the molecule is O=C(O)c1ccc(-c2ccc(C(F)(F)F)cc2)c(C(F)(F)F)c1. The van der Waals surface area contributed by atoms with Crippen molar-refractivity contribution in [1.29, 1.82) is 0 Å². The van der Waals surface area contributed by atoms with E-state index in [4.69, 9.17) is 5.11 Å². The molecule has 2 nitrogen and oxygen atoms in total. The van der Waals surface area contributed by atoms with E-state index in [0.717, 1.165) is 24.3 Å². The quantitative estimate of drug-likeness (QED) is 0.777. The first-order valence-corrected chi connectivity index (χ1v) is 6.12. The fourth-order valence-electron chi connectivity index (χ4n) is 2.00. The molecule has 0 radical (unpaired) electrons. The van der Waals surface area contributed by atoms with E-state index in [9.17, 15) is 31.1 Å². The molecule has 0 heterocycles. The minimum absolute atomic E-state index is 0.0951. The molecule has 0 aliphatic rings. The van der Waals surface area contributed by atoms with E-state index < -0.39 is 40.6 Å². The van der Waals surface area contributed by atoms with Gasteiger partial charge in [0.2, 0.25) is 0 Å². The van der Waals surface area contributed by atoms with E-state index in [1.165, 1.54) is 0 Å². The van der Waals surface area contributed by atoms with Gasteiger partial charge in [-0.2, -0.15) is 26.3 Å². The Kier molecular flexibility index (Phi) is 4.10. The van der Waals surface area contributed by atoms with Crippen LogP contribution in [0.5, 0.6) is 0 Å². The van der Waals surface area contributed by atoms with Crippen LogP contribution >= 0.6 is 0 Å². The zero-order chi connectivity index (χ0) is 17.4. The van der Waals surface area contributed by atoms with E-state index in [1.54, 1.807) is 0 Å². The number of halogens is 6. The minimum Gasteiger partial charge on any atom is -0.478 e. The number of aromatic carboxylic acids is 1. The van der Waals surface area contributed by atoms with Crippen molar-refractivity contribution in [2.24, 2.45) is 0 Å². The van der Waals surface area contributed by atoms with Crippen LogP contribution < -0.4 is 0 Å². The predicted molar refractivity (Wildman–Crippen MR) is 68.8 cm³/mol. The number of rotatable bonds is 2. The van der Waals surface area contributed by atoms with Gasteiger partial charge in [0.1, 0.15) is 0 Å². The van der Waals surface area contributed by atoms with Gasteiger partial charge >= 0.3 is 18.3 Å². The van der Waals surface area contributed by atoms with Crippen molar-refractivity contribution < 1.29 is 36.2 Å². The summed E-state index contributed by atoms with van der Waals surface area (Å²) in [7, 11) is 0. The first-order valence-electron chi connectivity index (χ1n) is 6.12. The molecule has 2 aromatic rings. The van der Waals surface area contributed by atoms with Crippen molar-refractivity contribution in [3.8, 4) is 11.1 Å². The standard InChI is InChI=1S/C15H8F6O2/c16-14(17,18)10-4-1-8(2-5-10)11-6-3-9(13(22)23)7-12(11)15(19,20)21/h1-7H,(H,22,23). The Hall–Kier alpha value is -2.51. The largest absolute Gasteiger partial charge is 0.478 e. The highest BCUT2D eigenvalue weighted by Gasteiger charge is 2.35. The van der Waals surface area contributed by atoms with Gasteiger partial charge in [0.05, 0.1) is 16.7 Å². The summed E-state index contributed by atoms with van der Waals surface area (Å²) in [6, 6.07) is 5.50. The summed E-state index contributed by atoms with van der Waals surface area (Å²) in [5.41, 5.74) is -3.26. The van der Waals surface area contributed by atoms with Gasteiger partial charge < -0.3 is 5.11 Å². The summed E-state index contributed by atoms with van der Waals surface area (Å²) >= 11 is 0. The molecule has 8 heteroatoms. The van der Waals surface area contributed by atoms with Crippen LogP contribution in [-0.2, 0) is 12.4 Å². The normalized spacial score (nSPS) is 12.3. The summed E-state index contributed by atoms with van der Waals surface area (Å²) in [6.07, 6.45) is -9.44. The Balaban J connectivity index is 2.57. The molecule has 0 aliphatic heterocycles. The smallest absolute Gasteiger partial charge is 0.417 e. The Labute approximate surface area is 126 Å². The van der Waals surface area contributed by atoms with Crippen molar-refractivity contribution >= 4 is 5.97 Å². The molecule has 0 saturated carbocycles. The van der Waals surface area contributed by atoms with E-state index in [0.29, 0.717) is 18.2 Å². The Bertz CT molecular complexity index is 729. The number of benzene rings is 2. The van der Waals surface area contributed by atoms with Crippen molar-refractivity contribution in [2.45, 2.75) is 12.4 Å². The third-order valence-electron chi connectivity index (χ3n) is 3.10. The Morgan fingerprint density at radius 2 is 1.39 bits per heavy atom. The number of alkyl halides is 6. The van der Waals surface area contributed by atoms with Gasteiger partial charge in [-0.25, -0.2) is 4.79 Å². The summed E-state index contributed by atoms with van der Waals surface area (Å²) < 4.78 is 76.7. The third-order valence-corrected chi connectivity index (χ3v) is 3.10. The summed E-state index contributed by atoms with van der Waals surface area (Å²) in [4.78, 5) is 10.8. The Morgan fingerprint density at radius 3 is 1.83 bits per heavy atom. The molecule has 0 fully saturated rings. The first-order chi connectivity index (χ1) is 10.5. The summed E-state index contributed by atoms with van der Waals surface area (Å²) in [5, 5.41) is 8.77. The third kappa shape index (κ3) is 3.64. The molecule has 0 spiro atoms. The lowest BCUT2D eigenvalue weighted by Gasteiger charge is -2.14. The molecule has 122 valence electrons. The van der Waals surface area contributed by atoms with Gasteiger partial charge in [0.15, 0.2) is 0 Å². The van der Waals surface area contributed by atoms with Gasteiger partial charge in [-0.1, -0.05) is 18.2 Å². The molecule has 2 aromatic carbocycles.